The standard InChI is InChI=1S/C21H22ClN7O4S/c22-14-3-4-16-13(8-14)9-19(26-16)34(31,32)28-6-7-29(15(12-28)2-1-5-23)21(30)20-27-17-10-24-25-11-18(17)33-20/h3-4,8-9,15,24-26H,1-2,6-7,10-12H2. The van der Waals surface area contributed by atoms with E-state index >= 15 is 0 Å². The second-order valence-corrected chi connectivity index (χ2v) is 10.5. The first-order valence-corrected chi connectivity index (χ1v) is 12.6. The van der Waals surface area contributed by atoms with Crippen molar-refractivity contribution in [3.8, 4) is 6.07 Å². The number of hydrogen-bond acceptors (Lipinski definition) is 8. The highest BCUT2D eigenvalue weighted by Crippen LogP contribution is 2.27. The maximum absolute atomic E-state index is 13.4. The van der Waals surface area contributed by atoms with Gasteiger partial charge in [0.25, 0.3) is 15.9 Å². The molecule has 1 aromatic carbocycles. The van der Waals surface area contributed by atoms with Crippen LogP contribution in [0.1, 0.15) is 35.0 Å². The first-order chi connectivity index (χ1) is 16.4. The number of amides is 1. The van der Waals surface area contributed by atoms with Gasteiger partial charge in [-0.2, -0.15) is 9.57 Å². The molecular formula is C21H22ClN7O4S. The molecule has 0 aliphatic carbocycles. The molecule has 2 aromatic heterocycles. The van der Waals surface area contributed by atoms with Crippen LogP contribution in [0.5, 0.6) is 0 Å². The van der Waals surface area contributed by atoms with E-state index < -0.39 is 22.0 Å². The molecule has 5 rings (SSSR count). The quantitative estimate of drug-likeness (QED) is 0.477. The van der Waals surface area contributed by atoms with E-state index in [1.807, 2.05) is 0 Å². The molecule has 178 valence electrons. The summed E-state index contributed by atoms with van der Waals surface area (Å²) in [6.07, 6.45) is 0.517. The minimum absolute atomic E-state index is 0.0266. The molecule has 11 nitrogen and oxygen atoms in total. The lowest BCUT2D eigenvalue weighted by Crippen LogP contribution is -2.56. The van der Waals surface area contributed by atoms with Crippen LogP contribution in [0.15, 0.2) is 33.7 Å². The van der Waals surface area contributed by atoms with Crippen LogP contribution in [0.4, 0.5) is 0 Å². The zero-order valence-electron chi connectivity index (χ0n) is 18.0. The van der Waals surface area contributed by atoms with Crippen LogP contribution in [0.25, 0.3) is 10.9 Å². The Kier molecular flexibility index (Phi) is 6.05. The average molecular weight is 504 g/mol. The summed E-state index contributed by atoms with van der Waals surface area (Å²) in [5, 5.41) is 10.4. The number of fused-ring (bicyclic) bond motifs is 2. The number of carbonyl (C=O) groups excluding carboxylic acids is 1. The molecule has 1 amide bonds. The third kappa shape index (κ3) is 4.17. The number of rotatable bonds is 5. The largest absolute Gasteiger partial charge is 0.436 e. The van der Waals surface area contributed by atoms with E-state index in [0.717, 1.165) is 0 Å². The van der Waals surface area contributed by atoms with Crippen molar-refractivity contribution >= 4 is 38.4 Å². The number of nitriles is 1. The third-order valence-corrected chi connectivity index (χ3v) is 8.08. The predicted octanol–water partition coefficient (Wildman–Crippen LogP) is 1.74. The average Bonchev–Trinajstić information content (AvgIpc) is 3.46. The van der Waals surface area contributed by atoms with Gasteiger partial charge >= 0.3 is 5.91 Å². The maximum atomic E-state index is 13.4. The Morgan fingerprint density at radius 1 is 1.26 bits per heavy atom. The van der Waals surface area contributed by atoms with Crippen LogP contribution >= 0.6 is 11.6 Å². The molecule has 1 fully saturated rings. The monoisotopic (exact) mass is 503 g/mol. The van der Waals surface area contributed by atoms with Crippen molar-refractivity contribution in [1.82, 2.24) is 30.0 Å². The summed E-state index contributed by atoms with van der Waals surface area (Å²) in [5.41, 5.74) is 7.20. The van der Waals surface area contributed by atoms with Crippen LogP contribution in [-0.2, 0) is 23.1 Å². The second kappa shape index (κ2) is 9.01. The topological polar surface area (TPSA) is 147 Å². The molecule has 0 bridgehead atoms. The molecule has 0 saturated carbocycles. The summed E-state index contributed by atoms with van der Waals surface area (Å²) in [6.45, 7) is 1.18. The van der Waals surface area contributed by atoms with E-state index in [1.54, 1.807) is 29.2 Å². The van der Waals surface area contributed by atoms with Crippen molar-refractivity contribution in [2.75, 3.05) is 19.6 Å². The number of halogens is 1. The number of H-pyrrole nitrogens is 1. The van der Waals surface area contributed by atoms with Crippen LogP contribution in [0.3, 0.4) is 0 Å². The Bertz CT molecular complexity index is 1370. The summed E-state index contributed by atoms with van der Waals surface area (Å²) in [5.74, 6) is 0.159. The van der Waals surface area contributed by atoms with Crippen molar-refractivity contribution in [3.63, 3.8) is 0 Å². The van der Waals surface area contributed by atoms with Crippen molar-refractivity contribution < 1.29 is 17.6 Å². The molecule has 13 heteroatoms. The van der Waals surface area contributed by atoms with Gasteiger partial charge in [-0.05, 0) is 30.7 Å². The number of carbonyl (C=O) groups is 1. The lowest BCUT2D eigenvalue weighted by atomic mass is 10.1. The summed E-state index contributed by atoms with van der Waals surface area (Å²) in [7, 11) is -3.85. The minimum Gasteiger partial charge on any atom is -0.436 e. The SMILES string of the molecule is N#CCCC1CN(S(=O)(=O)c2cc3cc(Cl)ccc3[nH]2)CCN1C(=O)c1nc2c(o1)CNNC2. The maximum Gasteiger partial charge on any atom is 0.310 e. The van der Waals surface area contributed by atoms with Gasteiger partial charge in [0, 0.05) is 48.0 Å². The number of aromatic nitrogens is 2. The van der Waals surface area contributed by atoms with Crippen LogP contribution in [-0.4, -0.2) is 59.2 Å². The van der Waals surface area contributed by atoms with Crippen LogP contribution < -0.4 is 10.9 Å². The zero-order chi connectivity index (χ0) is 23.9. The number of sulfonamides is 1. The van der Waals surface area contributed by atoms with Crippen LogP contribution in [0.2, 0.25) is 5.02 Å². The molecule has 1 saturated heterocycles. The molecule has 3 aromatic rings. The summed E-state index contributed by atoms with van der Waals surface area (Å²) >= 11 is 6.03. The van der Waals surface area contributed by atoms with Gasteiger partial charge in [-0.25, -0.2) is 18.8 Å². The van der Waals surface area contributed by atoms with E-state index in [-0.39, 0.29) is 37.0 Å². The zero-order valence-corrected chi connectivity index (χ0v) is 19.6. The first-order valence-electron chi connectivity index (χ1n) is 10.8. The highest BCUT2D eigenvalue weighted by Gasteiger charge is 2.38. The fraction of sp³-hybridized carbons (Fsp3) is 0.381. The number of nitrogens with zero attached hydrogens (tertiary/aromatic N) is 4. The highest BCUT2D eigenvalue weighted by molar-refractivity contribution is 7.89. The highest BCUT2D eigenvalue weighted by atomic mass is 35.5. The number of oxazole rings is 1. The fourth-order valence-electron chi connectivity index (χ4n) is 4.31. The molecule has 0 spiro atoms. The molecule has 1 unspecified atom stereocenters. The van der Waals surface area contributed by atoms with Crippen molar-refractivity contribution in [2.24, 2.45) is 0 Å². The molecule has 0 radical (unpaired) electrons. The molecule has 4 heterocycles. The minimum atomic E-state index is -3.85. The number of aromatic amines is 1. The Morgan fingerprint density at radius 2 is 2.09 bits per heavy atom. The summed E-state index contributed by atoms with van der Waals surface area (Å²) in [4.78, 5) is 22.1. The van der Waals surface area contributed by atoms with E-state index in [2.05, 4.69) is 26.9 Å². The van der Waals surface area contributed by atoms with E-state index in [1.165, 1.54) is 4.31 Å². The Balaban J connectivity index is 1.39. The Labute approximate surface area is 200 Å². The van der Waals surface area contributed by atoms with Gasteiger partial charge in [0.15, 0.2) is 0 Å². The Morgan fingerprint density at radius 3 is 2.88 bits per heavy atom. The normalized spacial score (nSPS) is 19.2. The van der Waals surface area contributed by atoms with Crippen molar-refractivity contribution in [3.05, 3.63) is 46.6 Å². The predicted molar refractivity (Wildman–Crippen MR) is 122 cm³/mol. The van der Waals surface area contributed by atoms with E-state index in [9.17, 15) is 13.2 Å². The molecular weight excluding hydrogens is 482 g/mol. The van der Waals surface area contributed by atoms with Crippen molar-refractivity contribution in [2.45, 2.75) is 37.0 Å². The van der Waals surface area contributed by atoms with Gasteiger partial charge in [-0.1, -0.05) is 11.6 Å². The van der Waals surface area contributed by atoms with Gasteiger partial charge < -0.3 is 14.3 Å². The number of hydrazine groups is 1. The van der Waals surface area contributed by atoms with Gasteiger partial charge in [-0.15, -0.1) is 0 Å². The molecule has 1 atom stereocenters. The number of piperazine rings is 1. The van der Waals surface area contributed by atoms with Gasteiger partial charge in [-0.3, -0.25) is 10.2 Å². The molecule has 2 aliphatic rings. The van der Waals surface area contributed by atoms with Gasteiger partial charge in [0.1, 0.15) is 10.8 Å². The van der Waals surface area contributed by atoms with E-state index in [0.29, 0.717) is 46.9 Å². The smallest absolute Gasteiger partial charge is 0.310 e. The van der Waals surface area contributed by atoms with Gasteiger partial charge in [0.05, 0.1) is 24.9 Å². The molecule has 2 aliphatic heterocycles. The number of benzene rings is 1. The molecule has 34 heavy (non-hydrogen) atoms. The summed E-state index contributed by atoms with van der Waals surface area (Å²) < 4.78 is 33.8. The first kappa shape index (κ1) is 22.8. The lowest BCUT2D eigenvalue weighted by molar-refractivity contribution is 0.0511. The number of nitrogens with one attached hydrogen (secondary N) is 3. The Hall–Kier alpha value is -2.95. The molecule has 3 N–H and O–H groups in total. The van der Waals surface area contributed by atoms with E-state index in [4.69, 9.17) is 21.3 Å². The second-order valence-electron chi connectivity index (χ2n) is 8.17. The van der Waals surface area contributed by atoms with Crippen molar-refractivity contribution in [1.29, 1.82) is 5.26 Å². The third-order valence-electron chi connectivity index (χ3n) is 6.06. The fourth-order valence-corrected chi connectivity index (χ4v) is 5.97. The summed E-state index contributed by atoms with van der Waals surface area (Å²) in [6, 6.07) is 8.25. The lowest BCUT2D eigenvalue weighted by Gasteiger charge is -2.39. The number of hydrogen-bond donors (Lipinski definition) is 3. The van der Waals surface area contributed by atoms with Crippen LogP contribution in [0, 0.1) is 11.3 Å². The van der Waals surface area contributed by atoms with Gasteiger partial charge in [0.2, 0.25) is 0 Å².